The van der Waals surface area contributed by atoms with Gasteiger partial charge >= 0.3 is 5.69 Å². The van der Waals surface area contributed by atoms with E-state index in [2.05, 4.69) is 10.4 Å². The molecule has 0 aliphatic heterocycles. The van der Waals surface area contributed by atoms with E-state index < -0.39 is 4.92 Å². The van der Waals surface area contributed by atoms with Gasteiger partial charge in [0.25, 0.3) is 0 Å². The van der Waals surface area contributed by atoms with Gasteiger partial charge < -0.3 is 5.32 Å². The summed E-state index contributed by atoms with van der Waals surface area (Å²) in [5, 5.41) is 17.4. The Kier molecular flexibility index (Phi) is 4.55. The van der Waals surface area contributed by atoms with E-state index in [9.17, 15) is 14.9 Å². The van der Waals surface area contributed by atoms with Crippen LogP contribution in [0, 0.1) is 29.9 Å². The lowest BCUT2D eigenvalue weighted by Gasteiger charge is -2.14. The smallest absolute Gasteiger partial charge is 0.306 e. The van der Waals surface area contributed by atoms with E-state index in [-0.39, 0.29) is 24.1 Å². The van der Waals surface area contributed by atoms with Gasteiger partial charge in [-0.1, -0.05) is 19.1 Å². The fourth-order valence-electron chi connectivity index (χ4n) is 2.04. The topological polar surface area (TPSA) is 90.1 Å². The fourth-order valence-corrected chi connectivity index (χ4v) is 2.04. The van der Waals surface area contributed by atoms with E-state index in [4.69, 9.17) is 0 Å². The normalized spacial score (nSPS) is 12.0. The Bertz CT molecular complexity index is 709. The van der Waals surface area contributed by atoms with Crippen LogP contribution >= 0.6 is 0 Å². The number of hydrogen-bond acceptors (Lipinski definition) is 4. The molecule has 7 heteroatoms. The first-order valence-electron chi connectivity index (χ1n) is 6.92. The number of nitrogens with one attached hydrogen (secondary N) is 1. The number of carbonyl (C=O) groups is 1. The minimum absolute atomic E-state index is 0.0814. The molecule has 2 aromatic rings. The van der Waals surface area contributed by atoms with Gasteiger partial charge in [-0.25, -0.2) is 0 Å². The number of carbonyl (C=O) groups excluding carboxylic acids is 1. The van der Waals surface area contributed by atoms with Crippen molar-refractivity contribution in [2.75, 3.05) is 5.32 Å². The van der Waals surface area contributed by atoms with Crippen LogP contribution in [0.4, 0.5) is 11.4 Å². The average Bonchev–Trinajstić information content (AvgIpc) is 2.91. The number of nitrogens with zero attached hydrogens (tertiary/aromatic N) is 3. The van der Waals surface area contributed by atoms with Crippen molar-refractivity contribution in [3.63, 3.8) is 0 Å². The van der Waals surface area contributed by atoms with E-state index in [1.54, 1.807) is 6.92 Å². The van der Waals surface area contributed by atoms with Gasteiger partial charge in [0.1, 0.15) is 12.4 Å². The number of aromatic nitrogens is 2. The summed E-state index contributed by atoms with van der Waals surface area (Å²) in [5.41, 5.74) is 2.75. The van der Waals surface area contributed by atoms with Gasteiger partial charge in [-0.3, -0.25) is 19.6 Å². The van der Waals surface area contributed by atoms with Gasteiger partial charge in [-0.05, 0) is 31.0 Å². The Balaban J connectivity index is 2.02. The first-order chi connectivity index (χ1) is 10.4. The van der Waals surface area contributed by atoms with Gasteiger partial charge in [0.2, 0.25) is 5.91 Å². The summed E-state index contributed by atoms with van der Waals surface area (Å²) in [6.45, 7) is 5.93. The monoisotopic (exact) mass is 302 g/mol. The zero-order valence-corrected chi connectivity index (χ0v) is 12.7. The third kappa shape index (κ3) is 3.69. The molecule has 1 amide bonds. The number of hydrogen-bond donors (Lipinski definition) is 1. The molecular weight excluding hydrogens is 284 g/mol. The Morgan fingerprint density at radius 1 is 1.45 bits per heavy atom. The third-order valence-electron chi connectivity index (χ3n) is 3.39. The molecule has 1 unspecified atom stereocenters. The molecule has 0 aliphatic carbocycles. The molecule has 0 fully saturated rings. The minimum Gasteiger partial charge on any atom is -0.326 e. The van der Waals surface area contributed by atoms with Crippen molar-refractivity contribution in [3.8, 4) is 0 Å². The first kappa shape index (κ1) is 15.7. The summed E-state index contributed by atoms with van der Waals surface area (Å²) < 4.78 is 1.41. The molecule has 116 valence electrons. The second kappa shape index (κ2) is 6.38. The van der Waals surface area contributed by atoms with E-state index in [1.165, 1.54) is 17.1 Å². The Morgan fingerprint density at radius 3 is 2.82 bits per heavy atom. The fraction of sp³-hybridized carbons (Fsp3) is 0.333. The predicted molar refractivity (Wildman–Crippen MR) is 82.6 cm³/mol. The van der Waals surface area contributed by atoms with Crippen LogP contribution in [0.5, 0.6) is 0 Å². The van der Waals surface area contributed by atoms with Crippen LogP contribution in [-0.4, -0.2) is 20.6 Å². The molecule has 0 saturated carbocycles. The number of anilines is 1. The lowest BCUT2D eigenvalue weighted by molar-refractivity contribution is -0.385. The summed E-state index contributed by atoms with van der Waals surface area (Å²) in [7, 11) is 0. The summed E-state index contributed by atoms with van der Waals surface area (Å²) in [5.74, 6) is -0.508. The molecule has 0 saturated heterocycles. The summed E-state index contributed by atoms with van der Waals surface area (Å²) in [6, 6.07) is 5.85. The van der Waals surface area contributed by atoms with Crippen LogP contribution < -0.4 is 5.32 Å². The van der Waals surface area contributed by atoms with Crippen LogP contribution in [0.25, 0.3) is 0 Å². The van der Waals surface area contributed by atoms with Gasteiger partial charge in [-0.2, -0.15) is 5.10 Å². The van der Waals surface area contributed by atoms with Crippen molar-refractivity contribution in [3.05, 3.63) is 51.8 Å². The highest BCUT2D eigenvalue weighted by molar-refractivity contribution is 5.93. The predicted octanol–water partition coefficient (Wildman–Crippen LogP) is 2.68. The quantitative estimate of drug-likeness (QED) is 0.679. The summed E-state index contributed by atoms with van der Waals surface area (Å²) >= 11 is 0. The number of aryl methyl sites for hydroxylation is 2. The van der Waals surface area contributed by atoms with Gasteiger partial charge in [0.05, 0.1) is 17.4 Å². The van der Waals surface area contributed by atoms with E-state index in [0.717, 1.165) is 16.8 Å². The maximum atomic E-state index is 12.2. The molecule has 0 aliphatic rings. The SMILES string of the molecule is Cc1ccc(C)c(NC(=O)C(C)Cn2cc([N+](=O)[O-])cn2)c1. The minimum atomic E-state index is -0.510. The first-order valence-corrected chi connectivity index (χ1v) is 6.92. The van der Waals surface area contributed by atoms with Crippen molar-refractivity contribution in [2.24, 2.45) is 5.92 Å². The third-order valence-corrected chi connectivity index (χ3v) is 3.39. The van der Waals surface area contributed by atoms with Crippen molar-refractivity contribution in [1.82, 2.24) is 9.78 Å². The Morgan fingerprint density at radius 2 is 2.18 bits per heavy atom. The largest absolute Gasteiger partial charge is 0.326 e. The summed E-state index contributed by atoms with van der Waals surface area (Å²) in [4.78, 5) is 22.3. The molecular formula is C15H18N4O3. The molecule has 22 heavy (non-hydrogen) atoms. The van der Waals surface area contributed by atoms with Crippen LogP contribution in [0.1, 0.15) is 18.1 Å². The number of amides is 1. The molecule has 1 N–H and O–H groups in total. The molecule has 2 rings (SSSR count). The molecule has 0 spiro atoms. The summed E-state index contributed by atoms with van der Waals surface area (Å²) in [6.07, 6.45) is 2.50. The molecule has 1 heterocycles. The zero-order chi connectivity index (χ0) is 16.3. The molecule has 0 radical (unpaired) electrons. The second-order valence-electron chi connectivity index (χ2n) is 5.39. The van der Waals surface area contributed by atoms with Crippen LogP contribution in [-0.2, 0) is 11.3 Å². The van der Waals surface area contributed by atoms with Gasteiger partial charge in [0.15, 0.2) is 0 Å². The Labute approximate surface area is 128 Å². The van der Waals surface area contributed by atoms with E-state index >= 15 is 0 Å². The maximum Gasteiger partial charge on any atom is 0.306 e. The lowest BCUT2D eigenvalue weighted by Crippen LogP contribution is -2.25. The van der Waals surface area contributed by atoms with Crippen LogP contribution in [0.2, 0.25) is 0 Å². The van der Waals surface area contributed by atoms with Crippen LogP contribution in [0.15, 0.2) is 30.6 Å². The van der Waals surface area contributed by atoms with E-state index in [0.29, 0.717) is 0 Å². The molecule has 1 aromatic carbocycles. The Hall–Kier alpha value is -2.70. The van der Waals surface area contributed by atoms with Crippen molar-refractivity contribution in [1.29, 1.82) is 0 Å². The van der Waals surface area contributed by atoms with Crippen molar-refractivity contribution >= 4 is 17.3 Å². The van der Waals surface area contributed by atoms with Crippen molar-refractivity contribution in [2.45, 2.75) is 27.3 Å². The number of nitro groups is 1. The second-order valence-corrected chi connectivity index (χ2v) is 5.39. The zero-order valence-electron chi connectivity index (χ0n) is 12.7. The van der Waals surface area contributed by atoms with Gasteiger partial charge in [-0.15, -0.1) is 0 Å². The maximum absolute atomic E-state index is 12.2. The van der Waals surface area contributed by atoms with E-state index in [1.807, 2.05) is 32.0 Å². The highest BCUT2D eigenvalue weighted by Crippen LogP contribution is 2.18. The molecule has 7 nitrogen and oxygen atoms in total. The highest BCUT2D eigenvalue weighted by atomic mass is 16.6. The molecule has 1 atom stereocenters. The lowest BCUT2D eigenvalue weighted by atomic mass is 10.1. The standard InChI is InChI=1S/C15H18N4O3/c1-10-4-5-11(2)14(6-10)17-15(20)12(3)8-18-9-13(7-16-18)19(21)22/h4-7,9,12H,8H2,1-3H3,(H,17,20). The number of benzene rings is 1. The van der Waals surface area contributed by atoms with Gasteiger partial charge in [0, 0.05) is 5.69 Å². The molecule has 0 bridgehead atoms. The highest BCUT2D eigenvalue weighted by Gasteiger charge is 2.17. The van der Waals surface area contributed by atoms with Crippen molar-refractivity contribution < 1.29 is 9.72 Å². The molecule has 1 aromatic heterocycles. The average molecular weight is 302 g/mol. The number of rotatable bonds is 5. The van der Waals surface area contributed by atoms with Crippen LogP contribution in [0.3, 0.4) is 0 Å².